The molecule has 0 radical (unpaired) electrons. The summed E-state index contributed by atoms with van der Waals surface area (Å²) in [6.07, 6.45) is 4.28. The van der Waals surface area contributed by atoms with Crippen molar-refractivity contribution < 1.29 is 0 Å². The maximum Gasteiger partial charge on any atom is 0.251 e. The normalized spacial score (nSPS) is 11.0. The molecule has 26 heavy (non-hydrogen) atoms. The third kappa shape index (κ3) is 3.34. The van der Waals surface area contributed by atoms with Crippen molar-refractivity contribution in [2.75, 3.05) is 0 Å². The molecule has 0 aliphatic heterocycles. The summed E-state index contributed by atoms with van der Waals surface area (Å²) >= 11 is 1.59. The van der Waals surface area contributed by atoms with E-state index in [2.05, 4.69) is 24.5 Å². The molecule has 0 fully saturated rings. The molecule has 0 bridgehead atoms. The Hall–Kier alpha value is -3.06. The van der Waals surface area contributed by atoms with Crippen molar-refractivity contribution in [1.82, 2.24) is 24.5 Å². The predicted octanol–water partition coefficient (Wildman–Crippen LogP) is 3.31. The van der Waals surface area contributed by atoms with Gasteiger partial charge in [0.2, 0.25) is 0 Å². The molecule has 1 aromatic carbocycles. The Kier molecular flexibility index (Phi) is 4.45. The monoisotopic (exact) mass is 363 g/mol. The Bertz CT molecular complexity index is 1070. The molecule has 0 saturated heterocycles. The van der Waals surface area contributed by atoms with Gasteiger partial charge in [-0.1, -0.05) is 30.3 Å². The molecule has 4 rings (SSSR count). The Morgan fingerprint density at radius 2 is 2.04 bits per heavy atom. The number of aromatic nitrogens is 5. The van der Waals surface area contributed by atoms with Crippen LogP contribution in [0.1, 0.15) is 11.5 Å². The minimum atomic E-state index is -0.122. The summed E-state index contributed by atoms with van der Waals surface area (Å²) in [6, 6.07) is 11.6. The molecule has 0 aliphatic rings. The number of rotatable bonds is 5. The Morgan fingerprint density at radius 1 is 1.19 bits per heavy atom. The average molecular weight is 363 g/mol. The third-order valence-electron chi connectivity index (χ3n) is 4.04. The zero-order valence-corrected chi connectivity index (χ0v) is 15.0. The maximum absolute atomic E-state index is 11.6. The van der Waals surface area contributed by atoms with Gasteiger partial charge in [-0.3, -0.25) is 4.79 Å². The highest BCUT2D eigenvalue weighted by molar-refractivity contribution is 7.13. The average Bonchev–Trinajstić information content (AvgIpc) is 3.29. The number of benzene rings is 1. The van der Waals surface area contributed by atoms with Crippen LogP contribution in [-0.4, -0.2) is 24.5 Å². The molecule has 1 N–H and O–H groups in total. The fourth-order valence-corrected chi connectivity index (χ4v) is 3.63. The molecule has 0 aliphatic carbocycles. The van der Waals surface area contributed by atoms with E-state index in [0.717, 1.165) is 27.7 Å². The highest BCUT2D eigenvalue weighted by Crippen LogP contribution is 2.32. The standard InChI is InChI=1S/C19H17N5OS/c1-13-22-15(11-16(25)23-13)7-9-24-12-21-17(14-5-3-2-4-6-14)18(24)19-20-8-10-26-19/h2-6,8,10-12H,7,9H2,1H3,(H,22,23,25). The van der Waals surface area contributed by atoms with E-state index in [4.69, 9.17) is 0 Å². The summed E-state index contributed by atoms with van der Waals surface area (Å²) in [4.78, 5) is 27.8. The van der Waals surface area contributed by atoms with Crippen LogP contribution in [0.2, 0.25) is 0 Å². The second-order valence-electron chi connectivity index (χ2n) is 5.91. The lowest BCUT2D eigenvalue weighted by Gasteiger charge is -2.08. The van der Waals surface area contributed by atoms with E-state index in [-0.39, 0.29) is 5.56 Å². The van der Waals surface area contributed by atoms with E-state index in [1.54, 1.807) is 30.5 Å². The number of hydrogen-bond acceptors (Lipinski definition) is 5. The van der Waals surface area contributed by atoms with E-state index in [1.165, 1.54) is 0 Å². The number of thiazole rings is 1. The summed E-state index contributed by atoms with van der Waals surface area (Å²) in [7, 11) is 0. The van der Waals surface area contributed by atoms with Crippen molar-refractivity contribution in [3.05, 3.63) is 76.2 Å². The smallest absolute Gasteiger partial charge is 0.251 e. The van der Waals surface area contributed by atoms with Gasteiger partial charge >= 0.3 is 0 Å². The number of H-pyrrole nitrogens is 1. The molecule has 7 heteroatoms. The van der Waals surface area contributed by atoms with Crippen LogP contribution in [0.4, 0.5) is 0 Å². The van der Waals surface area contributed by atoms with Crippen molar-refractivity contribution >= 4 is 11.3 Å². The second kappa shape index (κ2) is 7.05. The van der Waals surface area contributed by atoms with Crippen LogP contribution in [-0.2, 0) is 13.0 Å². The van der Waals surface area contributed by atoms with Gasteiger partial charge in [0.15, 0.2) is 0 Å². The van der Waals surface area contributed by atoms with Crippen LogP contribution >= 0.6 is 11.3 Å². The number of aryl methyl sites for hydroxylation is 3. The van der Waals surface area contributed by atoms with Gasteiger partial charge in [0, 0.05) is 41.9 Å². The molecule has 130 valence electrons. The van der Waals surface area contributed by atoms with Crippen molar-refractivity contribution in [3.8, 4) is 22.0 Å². The van der Waals surface area contributed by atoms with Gasteiger partial charge in [-0.05, 0) is 6.92 Å². The lowest BCUT2D eigenvalue weighted by Crippen LogP contribution is -2.12. The van der Waals surface area contributed by atoms with Crippen molar-refractivity contribution in [2.45, 2.75) is 19.9 Å². The van der Waals surface area contributed by atoms with Crippen molar-refractivity contribution in [1.29, 1.82) is 0 Å². The fraction of sp³-hybridized carbons (Fsp3) is 0.158. The van der Waals surface area contributed by atoms with E-state index < -0.39 is 0 Å². The molecular formula is C19H17N5OS. The molecule has 0 saturated carbocycles. The van der Waals surface area contributed by atoms with Crippen LogP contribution < -0.4 is 5.56 Å². The number of nitrogens with one attached hydrogen (secondary N) is 1. The van der Waals surface area contributed by atoms with Gasteiger partial charge < -0.3 is 9.55 Å². The van der Waals surface area contributed by atoms with Crippen LogP contribution in [0, 0.1) is 6.92 Å². The number of nitrogens with zero attached hydrogens (tertiary/aromatic N) is 4. The van der Waals surface area contributed by atoms with Gasteiger partial charge in [0.25, 0.3) is 5.56 Å². The molecule has 0 amide bonds. The molecule has 0 unspecified atom stereocenters. The van der Waals surface area contributed by atoms with Crippen LogP contribution in [0.15, 0.2) is 59.1 Å². The molecule has 0 spiro atoms. The first-order valence-corrected chi connectivity index (χ1v) is 9.16. The number of hydrogen-bond donors (Lipinski definition) is 1. The summed E-state index contributed by atoms with van der Waals surface area (Å²) in [5.41, 5.74) is 3.61. The predicted molar refractivity (Wildman–Crippen MR) is 102 cm³/mol. The van der Waals surface area contributed by atoms with E-state index in [0.29, 0.717) is 18.8 Å². The Labute approximate surface area is 154 Å². The fourth-order valence-electron chi connectivity index (χ4n) is 2.93. The quantitative estimate of drug-likeness (QED) is 0.590. The third-order valence-corrected chi connectivity index (χ3v) is 4.82. The van der Waals surface area contributed by atoms with Crippen molar-refractivity contribution in [3.63, 3.8) is 0 Å². The first kappa shape index (κ1) is 16.4. The first-order chi connectivity index (χ1) is 12.7. The minimum Gasteiger partial charge on any atom is -0.328 e. The van der Waals surface area contributed by atoms with Crippen LogP contribution in [0.5, 0.6) is 0 Å². The zero-order valence-electron chi connectivity index (χ0n) is 14.2. The van der Waals surface area contributed by atoms with Gasteiger partial charge in [0.1, 0.15) is 16.5 Å². The second-order valence-corrected chi connectivity index (χ2v) is 6.81. The highest BCUT2D eigenvalue weighted by atomic mass is 32.1. The molecule has 3 heterocycles. The van der Waals surface area contributed by atoms with Gasteiger partial charge in [-0.25, -0.2) is 15.0 Å². The molecule has 0 atom stereocenters. The summed E-state index contributed by atoms with van der Waals surface area (Å²) in [6.45, 7) is 2.46. The topological polar surface area (TPSA) is 76.5 Å². The summed E-state index contributed by atoms with van der Waals surface area (Å²) in [5, 5.41) is 2.89. The zero-order chi connectivity index (χ0) is 17.9. The van der Waals surface area contributed by atoms with E-state index in [9.17, 15) is 4.79 Å². The largest absolute Gasteiger partial charge is 0.328 e. The molecule has 3 aromatic heterocycles. The molecule has 6 nitrogen and oxygen atoms in total. The Balaban J connectivity index is 1.70. The highest BCUT2D eigenvalue weighted by Gasteiger charge is 2.17. The van der Waals surface area contributed by atoms with E-state index in [1.807, 2.05) is 42.0 Å². The summed E-state index contributed by atoms with van der Waals surface area (Å²) in [5.74, 6) is 0.628. The maximum atomic E-state index is 11.6. The van der Waals surface area contributed by atoms with Gasteiger partial charge in [0.05, 0.1) is 12.0 Å². The van der Waals surface area contributed by atoms with Crippen LogP contribution in [0.3, 0.4) is 0 Å². The summed E-state index contributed by atoms with van der Waals surface area (Å²) < 4.78 is 2.08. The molecule has 4 aromatic rings. The molecular weight excluding hydrogens is 346 g/mol. The lowest BCUT2D eigenvalue weighted by molar-refractivity contribution is 0.685. The minimum absolute atomic E-state index is 0.122. The number of aromatic amines is 1. The lowest BCUT2D eigenvalue weighted by atomic mass is 10.1. The Morgan fingerprint density at radius 3 is 2.77 bits per heavy atom. The first-order valence-electron chi connectivity index (χ1n) is 8.28. The SMILES string of the molecule is Cc1nc(CCn2cnc(-c3ccccc3)c2-c2nccs2)cc(=O)[nH]1. The van der Waals surface area contributed by atoms with E-state index >= 15 is 0 Å². The number of imidazole rings is 1. The van der Waals surface area contributed by atoms with Gasteiger partial charge in [-0.2, -0.15) is 0 Å². The van der Waals surface area contributed by atoms with Crippen molar-refractivity contribution in [2.24, 2.45) is 0 Å². The van der Waals surface area contributed by atoms with Crippen LogP contribution in [0.25, 0.3) is 22.0 Å². The van der Waals surface area contributed by atoms with Gasteiger partial charge in [-0.15, -0.1) is 11.3 Å².